The predicted molar refractivity (Wildman–Crippen MR) is 113 cm³/mol. The molecular weight excluding hydrogens is 382 g/mol. The highest BCUT2D eigenvalue weighted by atomic mass is 16.6. The Morgan fingerprint density at radius 1 is 0.933 bits per heavy atom. The van der Waals surface area contributed by atoms with E-state index >= 15 is 0 Å². The molecule has 0 aromatic heterocycles. The summed E-state index contributed by atoms with van der Waals surface area (Å²) in [5, 5.41) is 3.68. The molecule has 2 aromatic carbocycles. The minimum Gasteiger partial charge on any atom is -0.486 e. The summed E-state index contributed by atoms with van der Waals surface area (Å²) in [6.45, 7) is 2.56. The van der Waals surface area contributed by atoms with E-state index in [1.807, 2.05) is 37.4 Å². The van der Waals surface area contributed by atoms with Crippen molar-refractivity contribution >= 4 is 0 Å². The van der Waals surface area contributed by atoms with Crippen molar-refractivity contribution in [2.45, 2.75) is 43.4 Å². The number of ether oxygens (including phenoxy) is 5. The normalized spacial score (nSPS) is 27.5. The van der Waals surface area contributed by atoms with Crippen molar-refractivity contribution in [1.82, 2.24) is 5.32 Å². The summed E-state index contributed by atoms with van der Waals surface area (Å²) in [6.07, 6.45) is 4.06. The smallest absolute Gasteiger partial charge is 0.161 e. The second-order valence-corrected chi connectivity index (χ2v) is 8.24. The molecule has 6 nitrogen and oxygen atoms in total. The van der Waals surface area contributed by atoms with Crippen LogP contribution >= 0.6 is 0 Å². The Bertz CT molecular complexity index is 878. The van der Waals surface area contributed by atoms with Crippen LogP contribution in [-0.4, -0.2) is 45.6 Å². The summed E-state index contributed by atoms with van der Waals surface area (Å²) in [4.78, 5) is 0. The van der Waals surface area contributed by atoms with Crippen molar-refractivity contribution < 1.29 is 23.7 Å². The minimum absolute atomic E-state index is 0.0341. The number of benzene rings is 2. The van der Waals surface area contributed by atoms with Crippen LogP contribution in [0.2, 0.25) is 0 Å². The number of hydrogen-bond acceptors (Lipinski definition) is 6. The summed E-state index contributed by atoms with van der Waals surface area (Å²) in [6, 6.07) is 14.5. The number of rotatable bonds is 5. The zero-order valence-corrected chi connectivity index (χ0v) is 17.4. The van der Waals surface area contributed by atoms with Crippen LogP contribution in [0.3, 0.4) is 0 Å². The molecule has 0 amide bonds. The van der Waals surface area contributed by atoms with E-state index in [0.29, 0.717) is 25.9 Å². The van der Waals surface area contributed by atoms with E-state index in [9.17, 15) is 0 Å². The second-order valence-electron chi connectivity index (χ2n) is 8.24. The first-order chi connectivity index (χ1) is 14.8. The molecule has 0 saturated heterocycles. The highest BCUT2D eigenvalue weighted by molar-refractivity contribution is 5.45. The van der Waals surface area contributed by atoms with Gasteiger partial charge in [0.1, 0.15) is 25.9 Å². The van der Waals surface area contributed by atoms with Crippen LogP contribution in [0.1, 0.15) is 31.2 Å². The highest BCUT2D eigenvalue weighted by Crippen LogP contribution is 2.43. The third kappa shape index (κ3) is 3.82. The molecule has 1 aliphatic carbocycles. The molecule has 1 atom stereocenters. The molecule has 2 aromatic rings. The van der Waals surface area contributed by atoms with Gasteiger partial charge in [0.05, 0.1) is 5.60 Å². The van der Waals surface area contributed by atoms with Gasteiger partial charge in [-0.05, 0) is 55.5 Å². The SMILES string of the molecule is COC1(c2ccc3c(c2)OCCO3)CCC(NCC2COc3ccccc3O2)CC1. The molecule has 5 rings (SSSR count). The molecule has 2 heterocycles. The third-order valence-electron chi connectivity index (χ3n) is 6.45. The Balaban J connectivity index is 1.17. The van der Waals surface area contributed by atoms with Gasteiger partial charge in [-0.3, -0.25) is 0 Å². The minimum atomic E-state index is -0.266. The summed E-state index contributed by atoms with van der Waals surface area (Å²) in [7, 11) is 1.81. The Labute approximate surface area is 177 Å². The third-order valence-corrected chi connectivity index (χ3v) is 6.45. The van der Waals surface area contributed by atoms with E-state index in [1.54, 1.807) is 0 Å². The lowest BCUT2D eigenvalue weighted by Crippen LogP contribution is -2.46. The van der Waals surface area contributed by atoms with Gasteiger partial charge in [-0.1, -0.05) is 18.2 Å². The fourth-order valence-corrected chi connectivity index (χ4v) is 4.69. The molecule has 0 spiro atoms. The molecule has 1 fully saturated rings. The first-order valence-electron chi connectivity index (χ1n) is 10.8. The van der Waals surface area contributed by atoms with E-state index in [0.717, 1.165) is 55.2 Å². The number of methoxy groups -OCH3 is 1. The Morgan fingerprint density at radius 2 is 1.67 bits per heavy atom. The van der Waals surface area contributed by atoms with Gasteiger partial charge in [-0.15, -0.1) is 0 Å². The van der Waals surface area contributed by atoms with Crippen LogP contribution in [0.15, 0.2) is 42.5 Å². The van der Waals surface area contributed by atoms with Crippen LogP contribution in [0, 0.1) is 0 Å². The average Bonchev–Trinajstić information content (AvgIpc) is 2.82. The maximum atomic E-state index is 6.07. The van der Waals surface area contributed by atoms with Crippen LogP contribution in [0.4, 0.5) is 0 Å². The highest BCUT2D eigenvalue weighted by Gasteiger charge is 2.38. The number of fused-ring (bicyclic) bond motifs is 2. The van der Waals surface area contributed by atoms with Gasteiger partial charge in [0, 0.05) is 19.7 Å². The Kier molecular flexibility index (Phi) is 5.44. The largest absolute Gasteiger partial charge is 0.486 e. The van der Waals surface area contributed by atoms with Crippen LogP contribution in [0.5, 0.6) is 23.0 Å². The van der Waals surface area contributed by atoms with Crippen molar-refractivity contribution in [3.8, 4) is 23.0 Å². The molecule has 160 valence electrons. The maximum absolute atomic E-state index is 6.07. The molecule has 6 heteroatoms. The lowest BCUT2D eigenvalue weighted by Gasteiger charge is -2.40. The number of hydrogen-bond donors (Lipinski definition) is 1. The zero-order valence-electron chi connectivity index (χ0n) is 17.4. The monoisotopic (exact) mass is 411 g/mol. The van der Waals surface area contributed by atoms with Gasteiger partial charge < -0.3 is 29.0 Å². The Hall–Kier alpha value is -2.44. The molecule has 1 unspecified atom stereocenters. The molecule has 1 saturated carbocycles. The molecule has 1 N–H and O–H groups in total. The fourth-order valence-electron chi connectivity index (χ4n) is 4.69. The summed E-state index contributed by atoms with van der Waals surface area (Å²) in [5.41, 5.74) is 0.908. The van der Waals surface area contributed by atoms with E-state index in [1.165, 1.54) is 5.56 Å². The van der Waals surface area contributed by atoms with Crippen LogP contribution in [0.25, 0.3) is 0 Å². The Morgan fingerprint density at radius 3 is 2.47 bits per heavy atom. The van der Waals surface area contributed by atoms with Crippen LogP contribution in [-0.2, 0) is 10.3 Å². The summed E-state index contributed by atoms with van der Waals surface area (Å²) < 4.78 is 29.4. The number of para-hydroxylation sites is 2. The van der Waals surface area contributed by atoms with E-state index in [-0.39, 0.29) is 11.7 Å². The van der Waals surface area contributed by atoms with Gasteiger partial charge in [0.25, 0.3) is 0 Å². The second kappa shape index (κ2) is 8.36. The molecule has 0 bridgehead atoms. The standard InChI is InChI=1S/C24H29NO5/c1-26-24(17-6-7-21-23(14-17)28-13-12-27-21)10-8-18(9-11-24)25-15-19-16-29-20-4-2-3-5-22(20)30-19/h2-7,14,18-19,25H,8-13,15-16H2,1H3. The van der Waals surface area contributed by atoms with Gasteiger partial charge in [0.15, 0.2) is 23.0 Å². The lowest BCUT2D eigenvalue weighted by atomic mass is 9.77. The lowest BCUT2D eigenvalue weighted by molar-refractivity contribution is -0.0509. The van der Waals surface area contributed by atoms with Gasteiger partial charge in [0.2, 0.25) is 0 Å². The molecule has 0 radical (unpaired) electrons. The molecule has 30 heavy (non-hydrogen) atoms. The van der Waals surface area contributed by atoms with E-state index < -0.39 is 0 Å². The van der Waals surface area contributed by atoms with Crippen molar-refractivity contribution in [1.29, 1.82) is 0 Å². The topological polar surface area (TPSA) is 58.2 Å². The fraction of sp³-hybridized carbons (Fsp3) is 0.500. The van der Waals surface area contributed by atoms with Crippen molar-refractivity contribution in [3.63, 3.8) is 0 Å². The summed E-state index contributed by atoms with van der Waals surface area (Å²) in [5.74, 6) is 3.31. The van der Waals surface area contributed by atoms with Gasteiger partial charge >= 0.3 is 0 Å². The van der Waals surface area contributed by atoms with Crippen molar-refractivity contribution in [2.75, 3.05) is 33.5 Å². The number of nitrogens with one attached hydrogen (secondary N) is 1. The first kappa shape index (κ1) is 19.5. The quantitative estimate of drug-likeness (QED) is 0.810. The van der Waals surface area contributed by atoms with Crippen molar-refractivity contribution in [2.24, 2.45) is 0 Å². The van der Waals surface area contributed by atoms with E-state index in [2.05, 4.69) is 17.4 Å². The van der Waals surface area contributed by atoms with Gasteiger partial charge in [-0.25, -0.2) is 0 Å². The first-order valence-corrected chi connectivity index (χ1v) is 10.8. The van der Waals surface area contributed by atoms with Crippen molar-refractivity contribution in [3.05, 3.63) is 48.0 Å². The average molecular weight is 411 g/mol. The molecular formula is C24H29NO5. The maximum Gasteiger partial charge on any atom is 0.161 e. The van der Waals surface area contributed by atoms with Crippen LogP contribution < -0.4 is 24.3 Å². The molecule has 3 aliphatic rings. The van der Waals surface area contributed by atoms with Gasteiger partial charge in [-0.2, -0.15) is 0 Å². The predicted octanol–water partition coefficient (Wildman–Crippen LogP) is 3.67. The van der Waals surface area contributed by atoms with E-state index in [4.69, 9.17) is 23.7 Å². The summed E-state index contributed by atoms with van der Waals surface area (Å²) >= 11 is 0. The molecule has 2 aliphatic heterocycles. The zero-order chi connectivity index (χ0) is 20.4.